The summed E-state index contributed by atoms with van der Waals surface area (Å²) in [6.45, 7) is 10.2. The molecule has 5 nitrogen and oxygen atoms in total. The molecule has 1 aromatic rings. The number of furan rings is 1. The van der Waals surface area contributed by atoms with E-state index in [9.17, 15) is 4.79 Å². The number of carbonyl (C=O) groups is 1. The average Bonchev–Trinajstić information content (AvgIpc) is 2.95. The fraction of sp³-hybridized carbons (Fsp3) is 0.667. The van der Waals surface area contributed by atoms with E-state index in [0.29, 0.717) is 12.1 Å². The molecule has 0 bridgehead atoms. The van der Waals surface area contributed by atoms with Crippen molar-refractivity contribution in [3.05, 3.63) is 23.7 Å². The molecule has 5 heteroatoms. The number of rotatable bonds is 4. The Morgan fingerprint density at radius 3 is 2.55 bits per heavy atom. The normalized spacial score (nSPS) is 17.5. The summed E-state index contributed by atoms with van der Waals surface area (Å²) < 4.78 is 5.34. The largest absolute Gasteiger partial charge is 0.469 e. The van der Waals surface area contributed by atoms with Gasteiger partial charge >= 0.3 is 0 Å². The highest BCUT2D eigenvalue weighted by atomic mass is 16.3. The van der Waals surface area contributed by atoms with E-state index in [1.807, 2.05) is 11.8 Å². The van der Waals surface area contributed by atoms with Crippen molar-refractivity contribution in [2.45, 2.75) is 32.7 Å². The lowest BCUT2D eigenvalue weighted by molar-refractivity contribution is 0.0424. The zero-order chi connectivity index (χ0) is 14.8. The highest BCUT2D eigenvalue weighted by Crippen LogP contribution is 2.19. The van der Waals surface area contributed by atoms with E-state index in [1.165, 1.54) is 0 Å². The van der Waals surface area contributed by atoms with E-state index in [2.05, 4.69) is 18.7 Å². The van der Waals surface area contributed by atoms with Gasteiger partial charge in [-0.15, -0.1) is 0 Å². The van der Waals surface area contributed by atoms with Crippen LogP contribution in [0, 0.1) is 0 Å². The van der Waals surface area contributed by atoms with Gasteiger partial charge in [-0.25, -0.2) is 0 Å². The first kappa shape index (κ1) is 15.1. The molecule has 1 saturated heterocycles. The molecule has 0 aromatic carbocycles. The van der Waals surface area contributed by atoms with Crippen LogP contribution in [-0.2, 0) is 6.42 Å². The Kier molecular flexibility index (Phi) is 4.50. The van der Waals surface area contributed by atoms with Gasteiger partial charge in [0.25, 0.3) is 5.91 Å². The van der Waals surface area contributed by atoms with Crippen LogP contribution in [0.3, 0.4) is 0 Å². The molecule has 20 heavy (non-hydrogen) atoms. The van der Waals surface area contributed by atoms with Crippen LogP contribution >= 0.6 is 0 Å². The summed E-state index contributed by atoms with van der Waals surface area (Å²) in [7, 11) is 0. The molecule has 0 atom stereocenters. The predicted molar refractivity (Wildman–Crippen MR) is 78.7 cm³/mol. The second-order valence-corrected chi connectivity index (χ2v) is 5.91. The van der Waals surface area contributed by atoms with Crippen LogP contribution < -0.4 is 5.73 Å². The third-order valence-corrected chi connectivity index (χ3v) is 4.22. The maximum atomic E-state index is 12.5. The van der Waals surface area contributed by atoms with Crippen LogP contribution in [0.5, 0.6) is 0 Å². The average molecular weight is 279 g/mol. The number of amides is 1. The Balaban J connectivity index is 1.99. The van der Waals surface area contributed by atoms with Crippen molar-refractivity contribution in [1.82, 2.24) is 9.80 Å². The fourth-order valence-corrected chi connectivity index (χ4v) is 2.62. The quantitative estimate of drug-likeness (QED) is 0.903. The minimum absolute atomic E-state index is 0.000638. The van der Waals surface area contributed by atoms with Crippen LogP contribution in [0.4, 0.5) is 0 Å². The molecule has 0 radical (unpaired) electrons. The van der Waals surface area contributed by atoms with Crippen molar-refractivity contribution in [3.63, 3.8) is 0 Å². The van der Waals surface area contributed by atoms with Crippen LogP contribution in [0.2, 0.25) is 0 Å². The molecule has 1 fully saturated rings. The Morgan fingerprint density at radius 2 is 2.00 bits per heavy atom. The summed E-state index contributed by atoms with van der Waals surface area (Å²) in [4.78, 5) is 16.8. The SMILES string of the molecule is CCc1occc1C(=O)N1CCN(C(C)(C)CN)CC1. The van der Waals surface area contributed by atoms with Crippen molar-refractivity contribution in [2.24, 2.45) is 5.73 Å². The van der Waals surface area contributed by atoms with Crippen molar-refractivity contribution in [1.29, 1.82) is 0 Å². The Morgan fingerprint density at radius 1 is 1.35 bits per heavy atom. The summed E-state index contributed by atoms with van der Waals surface area (Å²) in [6, 6.07) is 1.78. The number of carbonyl (C=O) groups excluding carboxylic acids is 1. The Labute approximate surface area is 120 Å². The second-order valence-electron chi connectivity index (χ2n) is 5.91. The maximum absolute atomic E-state index is 12.5. The molecular formula is C15H25N3O2. The minimum atomic E-state index is -0.000638. The minimum Gasteiger partial charge on any atom is -0.469 e. The molecule has 0 unspecified atom stereocenters. The topological polar surface area (TPSA) is 62.7 Å². The van der Waals surface area contributed by atoms with Gasteiger partial charge in [0.15, 0.2) is 0 Å². The number of nitrogens with zero attached hydrogens (tertiary/aromatic N) is 2. The molecule has 0 saturated carbocycles. The van der Waals surface area contributed by atoms with Gasteiger partial charge < -0.3 is 15.1 Å². The summed E-state index contributed by atoms with van der Waals surface area (Å²) in [6.07, 6.45) is 2.34. The standard InChI is InChI=1S/C15H25N3O2/c1-4-13-12(5-10-20-13)14(19)17-6-8-18(9-7-17)15(2,3)11-16/h5,10H,4,6-9,11,16H2,1-3H3. The molecule has 1 aliphatic rings. The van der Waals surface area contributed by atoms with Crippen LogP contribution in [0.15, 0.2) is 16.7 Å². The fourth-order valence-electron chi connectivity index (χ4n) is 2.62. The van der Waals surface area contributed by atoms with Gasteiger partial charge in [0.05, 0.1) is 11.8 Å². The molecule has 2 N–H and O–H groups in total. The molecule has 1 aromatic heterocycles. The van der Waals surface area contributed by atoms with E-state index in [0.717, 1.165) is 38.4 Å². The number of piperazine rings is 1. The zero-order valence-corrected chi connectivity index (χ0v) is 12.7. The van der Waals surface area contributed by atoms with Gasteiger partial charge in [-0.1, -0.05) is 6.92 Å². The van der Waals surface area contributed by atoms with Crippen molar-refractivity contribution < 1.29 is 9.21 Å². The van der Waals surface area contributed by atoms with Crippen LogP contribution in [-0.4, -0.2) is 54.0 Å². The van der Waals surface area contributed by atoms with Crippen LogP contribution in [0.25, 0.3) is 0 Å². The molecule has 2 heterocycles. The second kappa shape index (κ2) is 5.97. The molecule has 0 aliphatic carbocycles. The Bertz CT molecular complexity index is 459. The summed E-state index contributed by atoms with van der Waals surface area (Å²) in [5.74, 6) is 0.862. The monoisotopic (exact) mass is 279 g/mol. The lowest BCUT2D eigenvalue weighted by Crippen LogP contribution is -2.58. The lowest BCUT2D eigenvalue weighted by atomic mass is 10.0. The first-order valence-electron chi connectivity index (χ1n) is 7.30. The highest BCUT2D eigenvalue weighted by Gasteiger charge is 2.31. The van der Waals surface area contributed by atoms with Gasteiger partial charge in [0.2, 0.25) is 0 Å². The number of nitrogens with two attached hydrogens (primary N) is 1. The summed E-state index contributed by atoms with van der Waals surface area (Å²) in [5.41, 5.74) is 6.52. The van der Waals surface area contributed by atoms with Gasteiger partial charge in [-0.2, -0.15) is 0 Å². The van der Waals surface area contributed by atoms with Gasteiger partial charge in [-0.3, -0.25) is 9.69 Å². The van der Waals surface area contributed by atoms with Crippen molar-refractivity contribution >= 4 is 5.91 Å². The first-order chi connectivity index (χ1) is 9.49. The van der Waals surface area contributed by atoms with Crippen molar-refractivity contribution in [3.8, 4) is 0 Å². The smallest absolute Gasteiger partial charge is 0.257 e. The number of aryl methyl sites for hydroxylation is 1. The van der Waals surface area contributed by atoms with E-state index < -0.39 is 0 Å². The molecule has 0 spiro atoms. The third kappa shape index (κ3) is 2.88. The first-order valence-corrected chi connectivity index (χ1v) is 7.30. The van der Waals surface area contributed by atoms with E-state index >= 15 is 0 Å². The molecule has 1 aliphatic heterocycles. The zero-order valence-electron chi connectivity index (χ0n) is 12.7. The number of hydrogen-bond donors (Lipinski definition) is 1. The molecular weight excluding hydrogens is 254 g/mol. The molecule has 112 valence electrons. The van der Waals surface area contributed by atoms with Crippen LogP contribution in [0.1, 0.15) is 36.9 Å². The highest BCUT2D eigenvalue weighted by molar-refractivity contribution is 5.95. The number of hydrogen-bond acceptors (Lipinski definition) is 4. The van der Waals surface area contributed by atoms with Gasteiger partial charge in [-0.05, 0) is 19.9 Å². The molecule has 1 amide bonds. The Hall–Kier alpha value is -1.33. The summed E-state index contributed by atoms with van der Waals surface area (Å²) >= 11 is 0. The van der Waals surface area contributed by atoms with E-state index in [4.69, 9.17) is 10.2 Å². The van der Waals surface area contributed by atoms with Crippen molar-refractivity contribution in [2.75, 3.05) is 32.7 Å². The predicted octanol–water partition coefficient (Wildman–Crippen LogP) is 1.34. The van der Waals surface area contributed by atoms with Gasteiger partial charge in [0.1, 0.15) is 5.76 Å². The molecule has 2 rings (SSSR count). The lowest BCUT2D eigenvalue weighted by Gasteiger charge is -2.43. The third-order valence-electron chi connectivity index (χ3n) is 4.22. The van der Waals surface area contributed by atoms with E-state index in [-0.39, 0.29) is 11.4 Å². The van der Waals surface area contributed by atoms with Gasteiger partial charge in [0, 0.05) is 44.7 Å². The van der Waals surface area contributed by atoms with E-state index in [1.54, 1.807) is 12.3 Å². The summed E-state index contributed by atoms with van der Waals surface area (Å²) in [5, 5.41) is 0. The maximum Gasteiger partial charge on any atom is 0.257 e.